The normalized spacial score (nSPS) is 10.3. The van der Waals surface area contributed by atoms with Crippen molar-refractivity contribution in [3.63, 3.8) is 0 Å². The molecule has 0 aliphatic carbocycles. The van der Waals surface area contributed by atoms with Crippen LogP contribution in [0.1, 0.15) is 15.9 Å². The molecule has 2 aromatic heterocycles. The number of aryl methyl sites for hydroxylation is 1. The van der Waals surface area contributed by atoms with Crippen LogP contribution in [0.5, 0.6) is 0 Å². The third kappa shape index (κ3) is 3.07. The molecule has 0 radical (unpaired) electrons. The van der Waals surface area contributed by atoms with E-state index >= 15 is 0 Å². The second-order valence-electron chi connectivity index (χ2n) is 3.89. The Kier molecular flexibility index (Phi) is 3.94. The molecule has 0 saturated carbocycles. The molecular formula is C12H13ClN4O. The Labute approximate surface area is 110 Å². The first-order chi connectivity index (χ1) is 8.66. The van der Waals surface area contributed by atoms with E-state index in [1.807, 2.05) is 13.1 Å². The SMILES string of the molecule is Cc1cnn(CCNC(=O)c2ccncc2Cl)c1. The predicted octanol–water partition coefficient (Wildman–Crippen LogP) is 1.67. The van der Waals surface area contributed by atoms with Crippen molar-refractivity contribution in [3.8, 4) is 0 Å². The van der Waals surface area contributed by atoms with Crippen LogP contribution in [0.3, 0.4) is 0 Å². The summed E-state index contributed by atoms with van der Waals surface area (Å²) in [5.74, 6) is -0.203. The largest absolute Gasteiger partial charge is 0.350 e. The predicted molar refractivity (Wildman–Crippen MR) is 68.5 cm³/mol. The number of halogens is 1. The molecule has 2 heterocycles. The highest BCUT2D eigenvalue weighted by Crippen LogP contribution is 2.12. The van der Waals surface area contributed by atoms with Crippen molar-refractivity contribution < 1.29 is 4.79 Å². The van der Waals surface area contributed by atoms with Gasteiger partial charge in [0.05, 0.1) is 23.3 Å². The van der Waals surface area contributed by atoms with Crippen LogP contribution >= 0.6 is 11.6 Å². The number of aromatic nitrogens is 3. The van der Waals surface area contributed by atoms with Gasteiger partial charge in [0.15, 0.2) is 0 Å². The minimum Gasteiger partial charge on any atom is -0.350 e. The number of carbonyl (C=O) groups is 1. The number of amides is 1. The number of rotatable bonds is 4. The Bertz CT molecular complexity index is 553. The van der Waals surface area contributed by atoms with E-state index < -0.39 is 0 Å². The van der Waals surface area contributed by atoms with Crippen molar-refractivity contribution in [1.82, 2.24) is 20.1 Å². The lowest BCUT2D eigenvalue weighted by Gasteiger charge is -2.06. The van der Waals surface area contributed by atoms with Crippen molar-refractivity contribution in [3.05, 3.63) is 47.0 Å². The molecule has 0 aliphatic heterocycles. The van der Waals surface area contributed by atoms with Gasteiger partial charge in [-0.1, -0.05) is 11.6 Å². The molecule has 6 heteroatoms. The smallest absolute Gasteiger partial charge is 0.252 e. The molecule has 0 bridgehead atoms. The summed E-state index contributed by atoms with van der Waals surface area (Å²) in [5, 5.41) is 7.27. The van der Waals surface area contributed by atoms with Crippen molar-refractivity contribution in [2.24, 2.45) is 0 Å². The van der Waals surface area contributed by atoms with Gasteiger partial charge in [0.1, 0.15) is 0 Å². The highest BCUT2D eigenvalue weighted by atomic mass is 35.5. The van der Waals surface area contributed by atoms with Gasteiger partial charge in [-0.25, -0.2) is 0 Å². The number of nitrogens with one attached hydrogen (secondary N) is 1. The van der Waals surface area contributed by atoms with Gasteiger partial charge in [-0.3, -0.25) is 14.5 Å². The maximum absolute atomic E-state index is 11.8. The molecule has 0 saturated heterocycles. The molecule has 0 aliphatic rings. The standard InChI is InChI=1S/C12H13ClN4O/c1-9-6-16-17(8-9)5-4-15-12(18)10-2-3-14-7-11(10)13/h2-3,6-8H,4-5H2,1H3,(H,15,18). The van der Waals surface area contributed by atoms with E-state index in [1.165, 1.54) is 12.4 Å². The van der Waals surface area contributed by atoms with Crippen LogP contribution in [-0.2, 0) is 6.54 Å². The summed E-state index contributed by atoms with van der Waals surface area (Å²) in [5.41, 5.74) is 1.53. The van der Waals surface area contributed by atoms with E-state index in [-0.39, 0.29) is 5.91 Å². The van der Waals surface area contributed by atoms with E-state index in [1.54, 1.807) is 16.9 Å². The molecular weight excluding hydrogens is 252 g/mol. The highest BCUT2D eigenvalue weighted by molar-refractivity contribution is 6.33. The molecule has 5 nitrogen and oxygen atoms in total. The summed E-state index contributed by atoms with van der Waals surface area (Å²) in [4.78, 5) is 15.6. The number of hydrogen-bond donors (Lipinski definition) is 1. The second kappa shape index (κ2) is 5.64. The van der Waals surface area contributed by atoms with Gasteiger partial charge in [0.2, 0.25) is 0 Å². The number of pyridine rings is 1. The molecule has 0 aromatic carbocycles. The molecule has 0 atom stereocenters. The summed E-state index contributed by atoms with van der Waals surface area (Å²) >= 11 is 5.88. The molecule has 94 valence electrons. The zero-order chi connectivity index (χ0) is 13.0. The average Bonchev–Trinajstić information content (AvgIpc) is 2.75. The summed E-state index contributed by atoms with van der Waals surface area (Å²) in [6, 6.07) is 1.59. The monoisotopic (exact) mass is 264 g/mol. The fourth-order valence-corrected chi connectivity index (χ4v) is 1.73. The summed E-state index contributed by atoms with van der Waals surface area (Å²) in [7, 11) is 0. The fourth-order valence-electron chi connectivity index (χ4n) is 1.53. The van der Waals surface area contributed by atoms with E-state index in [0.717, 1.165) is 5.56 Å². The second-order valence-corrected chi connectivity index (χ2v) is 4.30. The Morgan fingerprint density at radius 3 is 3.00 bits per heavy atom. The lowest BCUT2D eigenvalue weighted by atomic mass is 10.2. The Morgan fingerprint density at radius 1 is 1.50 bits per heavy atom. The maximum atomic E-state index is 11.8. The average molecular weight is 265 g/mol. The Balaban J connectivity index is 1.87. The molecule has 0 unspecified atom stereocenters. The fraction of sp³-hybridized carbons (Fsp3) is 0.250. The molecule has 0 fully saturated rings. The van der Waals surface area contributed by atoms with Gasteiger partial charge < -0.3 is 5.32 Å². The van der Waals surface area contributed by atoms with E-state index in [0.29, 0.717) is 23.7 Å². The molecule has 1 amide bonds. The van der Waals surface area contributed by atoms with Crippen LogP contribution in [0.4, 0.5) is 0 Å². The lowest BCUT2D eigenvalue weighted by Crippen LogP contribution is -2.27. The third-order valence-electron chi connectivity index (χ3n) is 2.41. The maximum Gasteiger partial charge on any atom is 0.252 e. The Morgan fingerprint density at radius 2 is 2.33 bits per heavy atom. The summed E-state index contributed by atoms with van der Waals surface area (Å²) in [6.45, 7) is 3.10. The van der Waals surface area contributed by atoms with Gasteiger partial charge >= 0.3 is 0 Å². The number of nitrogens with zero attached hydrogens (tertiary/aromatic N) is 3. The first kappa shape index (κ1) is 12.6. The quantitative estimate of drug-likeness (QED) is 0.914. The van der Waals surface area contributed by atoms with E-state index in [4.69, 9.17) is 11.6 Å². The van der Waals surface area contributed by atoms with Crippen LogP contribution in [0.2, 0.25) is 5.02 Å². The number of carbonyl (C=O) groups excluding carboxylic acids is 1. The molecule has 1 N–H and O–H groups in total. The molecule has 2 aromatic rings. The van der Waals surface area contributed by atoms with Crippen LogP contribution in [-0.4, -0.2) is 27.2 Å². The topological polar surface area (TPSA) is 59.8 Å². The zero-order valence-electron chi connectivity index (χ0n) is 9.93. The first-order valence-corrected chi connectivity index (χ1v) is 5.91. The van der Waals surface area contributed by atoms with Crippen LogP contribution in [0, 0.1) is 6.92 Å². The van der Waals surface area contributed by atoms with Crippen molar-refractivity contribution in [2.45, 2.75) is 13.5 Å². The lowest BCUT2D eigenvalue weighted by molar-refractivity contribution is 0.0952. The Hall–Kier alpha value is -1.88. The van der Waals surface area contributed by atoms with E-state index in [2.05, 4.69) is 15.4 Å². The molecule has 18 heavy (non-hydrogen) atoms. The van der Waals surface area contributed by atoms with Crippen LogP contribution in [0.25, 0.3) is 0 Å². The van der Waals surface area contributed by atoms with Crippen LogP contribution in [0.15, 0.2) is 30.9 Å². The zero-order valence-corrected chi connectivity index (χ0v) is 10.7. The summed E-state index contributed by atoms with van der Waals surface area (Å²) in [6.07, 6.45) is 6.69. The number of hydrogen-bond acceptors (Lipinski definition) is 3. The minimum absolute atomic E-state index is 0.203. The van der Waals surface area contributed by atoms with Gasteiger partial charge in [0, 0.05) is 25.1 Å². The molecule has 0 spiro atoms. The minimum atomic E-state index is -0.203. The van der Waals surface area contributed by atoms with Gasteiger partial charge in [-0.15, -0.1) is 0 Å². The third-order valence-corrected chi connectivity index (χ3v) is 2.71. The summed E-state index contributed by atoms with van der Waals surface area (Å²) < 4.78 is 1.78. The van der Waals surface area contributed by atoms with Crippen molar-refractivity contribution in [2.75, 3.05) is 6.54 Å². The van der Waals surface area contributed by atoms with Crippen molar-refractivity contribution in [1.29, 1.82) is 0 Å². The van der Waals surface area contributed by atoms with Crippen molar-refractivity contribution >= 4 is 17.5 Å². The highest BCUT2D eigenvalue weighted by Gasteiger charge is 2.08. The van der Waals surface area contributed by atoms with Gasteiger partial charge in [-0.05, 0) is 18.6 Å². The van der Waals surface area contributed by atoms with Crippen LogP contribution < -0.4 is 5.32 Å². The van der Waals surface area contributed by atoms with Gasteiger partial charge in [0.25, 0.3) is 5.91 Å². The first-order valence-electron chi connectivity index (χ1n) is 5.53. The molecule has 2 rings (SSSR count). The van der Waals surface area contributed by atoms with Gasteiger partial charge in [-0.2, -0.15) is 5.10 Å². The van der Waals surface area contributed by atoms with E-state index in [9.17, 15) is 4.79 Å².